The molecule has 1 aromatic rings. The summed E-state index contributed by atoms with van der Waals surface area (Å²) in [6, 6.07) is 0.645. The maximum atomic E-state index is 5.83. The first kappa shape index (κ1) is 8.60. The first-order valence-corrected chi connectivity index (χ1v) is 5.06. The Morgan fingerprint density at radius 3 is 2.92 bits per heavy atom. The maximum absolute atomic E-state index is 5.83. The molecule has 1 saturated carbocycles. The number of anilines is 1. The van der Waals surface area contributed by atoms with Crippen LogP contribution in [0.3, 0.4) is 0 Å². The predicted octanol–water partition coefficient (Wildman–Crippen LogP) is 2.31. The molecule has 1 aromatic heterocycles. The van der Waals surface area contributed by atoms with Gasteiger partial charge in [-0.05, 0) is 25.2 Å². The molecule has 0 amide bonds. The molecule has 0 aromatic carbocycles. The standard InChI is InChI=1S/C10H17N3/c1-3-7(2)9-6-12-10(11)13(9)8-4-5-8/h6-8H,3-5H2,1-2H3,(H2,11,12). The van der Waals surface area contributed by atoms with Crippen LogP contribution in [-0.4, -0.2) is 9.55 Å². The summed E-state index contributed by atoms with van der Waals surface area (Å²) in [6.45, 7) is 4.43. The summed E-state index contributed by atoms with van der Waals surface area (Å²) in [7, 11) is 0. The Hall–Kier alpha value is -0.990. The van der Waals surface area contributed by atoms with E-state index in [1.165, 1.54) is 18.5 Å². The van der Waals surface area contributed by atoms with Crippen LogP contribution in [0.2, 0.25) is 0 Å². The fourth-order valence-corrected chi connectivity index (χ4v) is 1.69. The molecule has 0 saturated heterocycles. The number of nitrogens with zero attached hydrogens (tertiary/aromatic N) is 2. The Balaban J connectivity index is 2.33. The monoisotopic (exact) mass is 179 g/mol. The van der Waals surface area contributed by atoms with E-state index >= 15 is 0 Å². The van der Waals surface area contributed by atoms with Gasteiger partial charge in [0.1, 0.15) is 0 Å². The molecule has 13 heavy (non-hydrogen) atoms. The largest absolute Gasteiger partial charge is 0.369 e. The number of aromatic nitrogens is 2. The lowest BCUT2D eigenvalue weighted by atomic mass is 10.1. The lowest BCUT2D eigenvalue weighted by Crippen LogP contribution is -2.07. The summed E-state index contributed by atoms with van der Waals surface area (Å²) in [4.78, 5) is 4.19. The van der Waals surface area contributed by atoms with Gasteiger partial charge in [0.25, 0.3) is 0 Å². The highest BCUT2D eigenvalue weighted by molar-refractivity contribution is 5.27. The van der Waals surface area contributed by atoms with Crippen LogP contribution < -0.4 is 5.73 Å². The number of hydrogen-bond acceptors (Lipinski definition) is 2. The predicted molar refractivity (Wildman–Crippen MR) is 53.6 cm³/mol. The number of nitrogens with two attached hydrogens (primary N) is 1. The summed E-state index contributed by atoms with van der Waals surface area (Å²) in [5.41, 5.74) is 7.13. The zero-order chi connectivity index (χ0) is 9.42. The average molecular weight is 179 g/mol. The second kappa shape index (κ2) is 3.05. The molecule has 0 radical (unpaired) electrons. The van der Waals surface area contributed by atoms with Crippen LogP contribution in [0, 0.1) is 0 Å². The molecule has 3 heteroatoms. The minimum absolute atomic E-state index is 0.574. The van der Waals surface area contributed by atoms with Crippen molar-refractivity contribution in [2.45, 2.75) is 45.1 Å². The fourth-order valence-electron chi connectivity index (χ4n) is 1.69. The van der Waals surface area contributed by atoms with Gasteiger partial charge < -0.3 is 10.3 Å². The van der Waals surface area contributed by atoms with Gasteiger partial charge in [0.05, 0.1) is 6.20 Å². The van der Waals surface area contributed by atoms with Crippen LogP contribution in [0.25, 0.3) is 0 Å². The van der Waals surface area contributed by atoms with E-state index in [2.05, 4.69) is 23.4 Å². The van der Waals surface area contributed by atoms with Gasteiger partial charge in [-0.15, -0.1) is 0 Å². The van der Waals surface area contributed by atoms with Gasteiger partial charge in [0, 0.05) is 11.7 Å². The molecule has 0 spiro atoms. The Morgan fingerprint density at radius 2 is 2.38 bits per heavy atom. The molecule has 3 nitrogen and oxygen atoms in total. The topological polar surface area (TPSA) is 43.8 Å². The Labute approximate surface area is 79.0 Å². The summed E-state index contributed by atoms with van der Waals surface area (Å²) >= 11 is 0. The third-order valence-corrected chi connectivity index (χ3v) is 2.88. The summed E-state index contributed by atoms with van der Waals surface area (Å²) in [5, 5.41) is 0. The molecule has 1 heterocycles. The quantitative estimate of drug-likeness (QED) is 0.773. The van der Waals surface area contributed by atoms with E-state index in [9.17, 15) is 0 Å². The minimum Gasteiger partial charge on any atom is -0.369 e. The smallest absolute Gasteiger partial charge is 0.200 e. The van der Waals surface area contributed by atoms with Crippen LogP contribution in [0.4, 0.5) is 5.95 Å². The van der Waals surface area contributed by atoms with E-state index in [0.29, 0.717) is 17.9 Å². The third kappa shape index (κ3) is 1.43. The van der Waals surface area contributed by atoms with Crippen molar-refractivity contribution >= 4 is 5.95 Å². The van der Waals surface area contributed by atoms with E-state index in [0.717, 1.165) is 6.42 Å². The van der Waals surface area contributed by atoms with Crippen molar-refractivity contribution in [3.8, 4) is 0 Å². The molecular formula is C10H17N3. The zero-order valence-corrected chi connectivity index (χ0v) is 8.33. The first-order chi connectivity index (χ1) is 6.24. The van der Waals surface area contributed by atoms with Crippen molar-refractivity contribution in [1.29, 1.82) is 0 Å². The van der Waals surface area contributed by atoms with Crippen LogP contribution >= 0.6 is 0 Å². The van der Waals surface area contributed by atoms with Gasteiger partial charge in [-0.2, -0.15) is 0 Å². The zero-order valence-electron chi connectivity index (χ0n) is 8.33. The second-order valence-corrected chi connectivity index (χ2v) is 3.95. The molecule has 0 aliphatic heterocycles. The van der Waals surface area contributed by atoms with Crippen LogP contribution in [0.15, 0.2) is 6.20 Å². The average Bonchev–Trinajstić information content (AvgIpc) is 2.89. The maximum Gasteiger partial charge on any atom is 0.200 e. The van der Waals surface area contributed by atoms with Crippen LogP contribution in [0.1, 0.15) is 50.8 Å². The highest BCUT2D eigenvalue weighted by atomic mass is 15.2. The normalized spacial score (nSPS) is 18.9. The summed E-state index contributed by atoms with van der Waals surface area (Å²) in [5.74, 6) is 1.27. The van der Waals surface area contributed by atoms with E-state index < -0.39 is 0 Å². The van der Waals surface area contributed by atoms with Gasteiger partial charge in [-0.1, -0.05) is 13.8 Å². The van der Waals surface area contributed by atoms with E-state index in [1.54, 1.807) is 0 Å². The molecule has 2 rings (SSSR count). The molecule has 1 fully saturated rings. The minimum atomic E-state index is 0.574. The third-order valence-electron chi connectivity index (χ3n) is 2.88. The molecule has 1 unspecified atom stereocenters. The fraction of sp³-hybridized carbons (Fsp3) is 0.700. The molecule has 0 bridgehead atoms. The molecule has 1 aliphatic rings. The number of nitrogen functional groups attached to an aromatic ring is 1. The van der Waals surface area contributed by atoms with E-state index in [-0.39, 0.29) is 0 Å². The molecule has 72 valence electrons. The van der Waals surface area contributed by atoms with Crippen LogP contribution in [-0.2, 0) is 0 Å². The van der Waals surface area contributed by atoms with Crippen LogP contribution in [0.5, 0.6) is 0 Å². The summed E-state index contributed by atoms with van der Waals surface area (Å²) < 4.78 is 2.22. The van der Waals surface area contributed by atoms with E-state index in [1.807, 2.05) is 6.20 Å². The van der Waals surface area contributed by atoms with Crippen molar-refractivity contribution < 1.29 is 0 Å². The Morgan fingerprint density at radius 1 is 1.69 bits per heavy atom. The Bertz CT molecular complexity index is 299. The SMILES string of the molecule is CCC(C)c1cnc(N)n1C1CC1. The van der Waals surface area contributed by atoms with E-state index in [4.69, 9.17) is 5.73 Å². The number of hydrogen-bond donors (Lipinski definition) is 1. The molecule has 2 N–H and O–H groups in total. The molecule has 1 atom stereocenters. The van der Waals surface area contributed by atoms with Crippen molar-refractivity contribution in [1.82, 2.24) is 9.55 Å². The van der Waals surface area contributed by atoms with Crippen molar-refractivity contribution in [2.75, 3.05) is 5.73 Å². The first-order valence-electron chi connectivity index (χ1n) is 5.06. The summed E-state index contributed by atoms with van der Waals surface area (Å²) in [6.07, 6.45) is 5.62. The van der Waals surface area contributed by atoms with Crippen molar-refractivity contribution in [2.24, 2.45) is 0 Å². The van der Waals surface area contributed by atoms with Gasteiger partial charge in [-0.3, -0.25) is 0 Å². The Kier molecular flexibility index (Phi) is 2.02. The molecule has 1 aliphatic carbocycles. The van der Waals surface area contributed by atoms with Crippen molar-refractivity contribution in [3.05, 3.63) is 11.9 Å². The highest BCUT2D eigenvalue weighted by Gasteiger charge is 2.28. The number of rotatable bonds is 3. The van der Waals surface area contributed by atoms with Gasteiger partial charge in [0.15, 0.2) is 0 Å². The lowest BCUT2D eigenvalue weighted by Gasteiger charge is -2.12. The van der Waals surface area contributed by atoms with Gasteiger partial charge in [0.2, 0.25) is 5.95 Å². The second-order valence-electron chi connectivity index (χ2n) is 3.95. The number of imidazole rings is 1. The molecular weight excluding hydrogens is 162 g/mol. The lowest BCUT2D eigenvalue weighted by molar-refractivity contribution is 0.624. The highest BCUT2D eigenvalue weighted by Crippen LogP contribution is 2.39. The van der Waals surface area contributed by atoms with Crippen molar-refractivity contribution in [3.63, 3.8) is 0 Å². The van der Waals surface area contributed by atoms with Gasteiger partial charge >= 0.3 is 0 Å². The van der Waals surface area contributed by atoms with Gasteiger partial charge in [-0.25, -0.2) is 4.98 Å².